The Hall–Kier alpha value is 0.0669. The first-order valence-corrected chi connectivity index (χ1v) is 5.74. The van der Waals surface area contributed by atoms with E-state index in [1.54, 1.807) is 0 Å². The van der Waals surface area contributed by atoms with Crippen molar-refractivity contribution in [2.45, 2.75) is 13.1 Å². The van der Waals surface area contributed by atoms with Crippen molar-refractivity contribution >= 4 is 18.5 Å². The third kappa shape index (κ3) is 4.07. The summed E-state index contributed by atoms with van der Waals surface area (Å²) < 4.78 is 0. The summed E-state index contributed by atoms with van der Waals surface area (Å²) in [6, 6.07) is 0. The Morgan fingerprint density at radius 1 is 1.67 bits per heavy atom. The fourth-order valence-corrected chi connectivity index (χ4v) is 0. The molecule has 0 N–H and O–H groups in total. The third-order valence-electron chi connectivity index (χ3n) is 0.343. The van der Waals surface area contributed by atoms with E-state index in [4.69, 9.17) is 17.5 Å². The first kappa shape index (κ1) is 6.07. The molecule has 0 bridgehead atoms. The van der Waals surface area contributed by atoms with E-state index in [1.165, 1.54) is 0 Å². The molecule has 0 radical (unpaired) electrons. The van der Waals surface area contributed by atoms with Gasteiger partial charge in [-0.1, -0.05) is 0 Å². The fraction of sp³-hybridized carbons (Fsp3) is 0.500. The minimum Gasteiger partial charge on any atom is -0.151 e. The van der Waals surface area contributed by atoms with Crippen molar-refractivity contribution in [1.82, 2.24) is 0 Å². The molecule has 2 heteroatoms. The molecule has 0 nitrogen and oxygen atoms in total. The zero-order valence-electron chi connectivity index (χ0n) is 3.96. The van der Waals surface area contributed by atoms with Gasteiger partial charge in [0.25, 0.3) is 0 Å². The van der Waals surface area contributed by atoms with E-state index in [9.17, 15) is 0 Å². The van der Waals surface area contributed by atoms with Gasteiger partial charge in [0.1, 0.15) is 0 Å². The number of halogens is 1. The van der Waals surface area contributed by atoms with E-state index in [-0.39, 0.29) is 0 Å². The molecule has 0 unspecified atom stereocenters. The molecule has 0 aliphatic carbocycles. The predicted molar refractivity (Wildman–Crippen MR) is 32.2 cm³/mol. The molecule has 0 aromatic carbocycles. The smallest absolute Gasteiger partial charge is 0.151 e. The molecule has 0 atom stereocenters. The molecule has 0 aromatic heterocycles. The van der Waals surface area contributed by atoms with E-state index in [1.807, 2.05) is 13.1 Å². The summed E-state index contributed by atoms with van der Waals surface area (Å²) in [5, 5.41) is 0. The minimum atomic E-state index is -1.63. The Bertz CT molecular complexity index is 74.5. The Morgan fingerprint density at radius 3 is 1.83 bits per heavy atom. The highest BCUT2D eigenvalue weighted by Crippen LogP contribution is 2.02. The lowest BCUT2D eigenvalue weighted by Crippen LogP contribution is -2.11. The molecule has 0 saturated heterocycles. The lowest BCUT2D eigenvalue weighted by Gasteiger charge is -1.96. The van der Waals surface area contributed by atoms with Gasteiger partial charge in [0.05, 0.1) is 0 Å². The van der Waals surface area contributed by atoms with Gasteiger partial charge in [0.15, 0.2) is 0 Å². The van der Waals surface area contributed by atoms with Gasteiger partial charge >= 0.3 is 0 Å². The van der Waals surface area contributed by atoms with Crippen LogP contribution < -0.4 is 0 Å². The molecule has 0 fully saturated rings. The SMILES string of the molecule is C#C[Si](C)(C)Cl. The van der Waals surface area contributed by atoms with Crippen LogP contribution in [0.1, 0.15) is 0 Å². The largest absolute Gasteiger partial charge is 0.227 e. The number of rotatable bonds is 0. The van der Waals surface area contributed by atoms with Gasteiger partial charge in [-0.3, -0.25) is 0 Å². The van der Waals surface area contributed by atoms with Crippen LogP contribution in [0.15, 0.2) is 0 Å². The number of hydrogen-bond acceptors (Lipinski definition) is 0. The molecule has 6 heavy (non-hydrogen) atoms. The highest BCUT2D eigenvalue weighted by molar-refractivity contribution is 7.23. The Kier molecular flexibility index (Phi) is 1.70. The number of terminal acetylenes is 1. The van der Waals surface area contributed by atoms with Gasteiger partial charge in [0, 0.05) is 0 Å². The average molecular weight is 119 g/mol. The van der Waals surface area contributed by atoms with Crippen molar-refractivity contribution in [3.63, 3.8) is 0 Å². The summed E-state index contributed by atoms with van der Waals surface area (Å²) in [6.45, 7) is 3.82. The summed E-state index contributed by atoms with van der Waals surface area (Å²) in [5.74, 6) is 0. The lowest BCUT2D eigenvalue weighted by molar-refractivity contribution is 2.01. The molecule has 0 rings (SSSR count). The average Bonchev–Trinajstić information content (AvgIpc) is 1.35. The van der Waals surface area contributed by atoms with Crippen LogP contribution >= 0.6 is 11.1 Å². The number of hydrogen-bond donors (Lipinski definition) is 0. The summed E-state index contributed by atoms with van der Waals surface area (Å²) in [4.78, 5) is 0. The summed E-state index contributed by atoms with van der Waals surface area (Å²) in [7, 11) is -1.63. The van der Waals surface area contributed by atoms with Crippen molar-refractivity contribution < 1.29 is 0 Å². The van der Waals surface area contributed by atoms with E-state index in [0.717, 1.165) is 0 Å². The van der Waals surface area contributed by atoms with E-state index in [2.05, 4.69) is 5.54 Å². The van der Waals surface area contributed by atoms with Crippen LogP contribution in [0, 0.1) is 12.0 Å². The van der Waals surface area contributed by atoms with Crippen LogP contribution in [-0.2, 0) is 0 Å². The fourth-order valence-electron chi connectivity index (χ4n) is 0. The summed E-state index contributed by atoms with van der Waals surface area (Å²) >= 11 is 5.62. The maximum atomic E-state index is 5.62. The van der Waals surface area contributed by atoms with Gasteiger partial charge in [-0.2, -0.15) is 11.1 Å². The van der Waals surface area contributed by atoms with Gasteiger partial charge in [-0.25, -0.2) is 0 Å². The maximum absolute atomic E-state index is 5.62. The zero-order valence-corrected chi connectivity index (χ0v) is 5.71. The summed E-state index contributed by atoms with van der Waals surface area (Å²) in [5.41, 5.74) is 2.51. The summed E-state index contributed by atoms with van der Waals surface area (Å²) in [6.07, 6.45) is 4.99. The lowest BCUT2D eigenvalue weighted by atomic mass is 11.4. The Labute approximate surface area is 44.2 Å². The minimum absolute atomic E-state index is 1.63. The first-order chi connectivity index (χ1) is 2.56. The molecular formula is C4H7ClSi. The quantitative estimate of drug-likeness (QED) is 0.258. The van der Waals surface area contributed by atoms with Crippen LogP contribution in [0.5, 0.6) is 0 Å². The first-order valence-electron chi connectivity index (χ1n) is 1.73. The highest BCUT2D eigenvalue weighted by Gasteiger charge is 2.10. The normalized spacial score (nSPS) is 10.3. The highest BCUT2D eigenvalue weighted by atomic mass is 35.6. The van der Waals surface area contributed by atoms with E-state index in [0.29, 0.717) is 0 Å². The third-order valence-corrected chi connectivity index (χ3v) is 1.36. The Morgan fingerprint density at radius 2 is 1.83 bits per heavy atom. The van der Waals surface area contributed by atoms with Gasteiger partial charge in [-0.15, -0.1) is 12.0 Å². The van der Waals surface area contributed by atoms with Gasteiger partial charge < -0.3 is 0 Å². The second-order valence-corrected chi connectivity index (χ2v) is 7.69. The van der Waals surface area contributed by atoms with Crippen LogP contribution in [-0.4, -0.2) is 7.38 Å². The second kappa shape index (κ2) is 1.68. The molecule has 0 aliphatic heterocycles. The van der Waals surface area contributed by atoms with Gasteiger partial charge in [-0.05, 0) is 13.1 Å². The van der Waals surface area contributed by atoms with Crippen LogP contribution in [0.25, 0.3) is 0 Å². The monoisotopic (exact) mass is 118 g/mol. The standard InChI is InChI=1S/C4H7ClSi/c1-4-6(2,3)5/h1H,2-3H3. The van der Waals surface area contributed by atoms with Crippen molar-refractivity contribution in [2.24, 2.45) is 0 Å². The van der Waals surface area contributed by atoms with Crippen molar-refractivity contribution in [3.05, 3.63) is 0 Å². The van der Waals surface area contributed by atoms with Crippen molar-refractivity contribution in [2.75, 3.05) is 0 Å². The molecule has 34 valence electrons. The molecule has 0 saturated carbocycles. The molecule has 0 amide bonds. The van der Waals surface area contributed by atoms with E-state index >= 15 is 0 Å². The Balaban J connectivity index is 3.55. The molecule has 0 aliphatic rings. The molecule has 0 heterocycles. The van der Waals surface area contributed by atoms with Crippen LogP contribution in [0.3, 0.4) is 0 Å². The van der Waals surface area contributed by atoms with Gasteiger partial charge in [0.2, 0.25) is 7.38 Å². The molecule has 0 spiro atoms. The topological polar surface area (TPSA) is 0 Å². The van der Waals surface area contributed by atoms with Crippen LogP contribution in [0.4, 0.5) is 0 Å². The van der Waals surface area contributed by atoms with Crippen molar-refractivity contribution in [3.8, 4) is 12.0 Å². The second-order valence-electron chi connectivity index (χ2n) is 1.62. The zero-order chi connectivity index (χ0) is 5.21. The predicted octanol–water partition coefficient (Wildman–Crippen LogP) is 1.60. The molecule has 0 aromatic rings. The van der Waals surface area contributed by atoms with Crippen molar-refractivity contribution in [1.29, 1.82) is 0 Å². The maximum Gasteiger partial charge on any atom is 0.227 e. The molecular weight excluding hydrogens is 112 g/mol. The van der Waals surface area contributed by atoms with E-state index < -0.39 is 7.38 Å². The van der Waals surface area contributed by atoms with Crippen LogP contribution in [0.2, 0.25) is 13.1 Å².